The fourth-order valence-electron chi connectivity index (χ4n) is 1.91. The van der Waals surface area contributed by atoms with E-state index < -0.39 is 0 Å². The first-order valence-electron chi connectivity index (χ1n) is 5.08. The summed E-state index contributed by atoms with van der Waals surface area (Å²) in [6, 6.07) is 0. The largest absolute Gasteiger partial charge is 0.299 e. The van der Waals surface area contributed by atoms with Crippen molar-refractivity contribution in [3.05, 3.63) is 0 Å². The lowest BCUT2D eigenvalue weighted by Crippen LogP contribution is -2.39. The van der Waals surface area contributed by atoms with E-state index in [2.05, 4.69) is 23.4 Å². The maximum atomic E-state index is 2.59. The normalized spacial score (nSPS) is 22.0. The van der Waals surface area contributed by atoms with Gasteiger partial charge >= 0.3 is 0 Å². The van der Waals surface area contributed by atoms with Crippen LogP contribution in [0.3, 0.4) is 0 Å². The Hall–Kier alpha value is 0.354. The second-order valence-electron chi connectivity index (χ2n) is 4.19. The van der Waals surface area contributed by atoms with Gasteiger partial charge < -0.3 is 0 Å². The van der Waals surface area contributed by atoms with Gasteiger partial charge in [0.25, 0.3) is 0 Å². The van der Waals surface area contributed by atoms with E-state index in [0.29, 0.717) is 0 Å². The summed E-state index contributed by atoms with van der Waals surface area (Å²) in [5.41, 5.74) is 1.12. The van der Waals surface area contributed by atoms with E-state index >= 15 is 0 Å². The van der Waals surface area contributed by atoms with Gasteiger partial charge in [0.2, 0.25) is 0 Å². The third-order valence-electron chi connectivity index (χ3n) is 2.93. The van der Waals surface area contributed by atoms with Crippen LogP contribution in [0, 0.1) is 0 Å². The number of hydrogen-bond donors (Lipinski definition) is 0. The summed E-state index contributed by atoms with van der Waals surface area (Å²) in [7, 11) is 5.66. The monoisotopic (exact) mass is 202 g/mol. The molecule has 0 spiro atoms. The van der Waals surface area contributed by atoms with Crippen LogP contribution in [-0.2, 0) is 0 Å². The molecule has 0 aromatic carbocycles. The molecule has 1 fully saturated rings. The van der Waals surface area contributed by atoms with Crippen LogP contribution < -0.4 is 0 Å². The Kier molecular flexibility index (Phi) is 4.49. The number of nitrogens with zero attached hydrogens (tertiary/aromatic N) is 2. The van der Waals surface area contributed by atoms with Crippen molar-refractivity contribution in [2.45, 2.75) is 37.6 Å². The molecule has 0 bridgehead atoms. The minimum absolute atomic E-state index is 0.0634. The van der Waals surface area contributed by atoms with Crippen molar-refractivity contribution in [3.8, 4) is 0 Å². The molecule has 1 saturated carbocycles. The molecule has 0 radical (unpaired) electrons. The fraction of sp³-hybridized carbons (Fsp3) is 1.00. The van der Waals surface area contributed by atoms with Crippen molar-refractivity contribution >= 4 is 20.1 Å². The summed E-state index contributed by atoms with van der Waals surface area (Å²) in [6.07, 6.45) is 7.55. The molecule has 1 aliphatic rings. The average Bonchev–Trinajstić information content (AvgIpc) is 2.06. The average molecular weight is 202 g/mol. The summed E-state index contributed by atoms with van der Waals surface area (Å²) in [5.74, 6) is 0. The van der Waals surface area contributed by atoms with Crippen LogP contribution in [0.4, 0.5) is 0 Å². The third kappa shape index (κ3) is 3.39. The highest BCUT2D eigenvalue weighted by Gasteiger charge is 2.16. The lowest BCUT2D eigenvalue weighted by molar-refractivity contribution is 0.227. The Bertz CT molecular complexity index is 124. The molecule has 1 rings (SSSR count). The Morgan fingerprint density at radius 3 is 2.25 bits per heavy atom. The van der Waals surface area contributed by atoms with Crippen LogP contribution in [0.5, 0.6) is 0 Å². The van der Waals surface area contributed by atoms with Crippen LogP contribution in [-0.4, -0.2) is 43.5 Å². The predicted molar refractivity (Wildman–Crippen MR) is 60.8 cm³/mol. The topological polar surface area (TPSA) is 6.48 Å². The van der Waals surface area contributed by atoms with Gasteiger partial charge in [-0.05, 0) is 5.54 Å². The summed E-state index contributed by atoms with van der Waals surface area (Å²) < 4.78 is 2.59. The molecule has 0 aliphatic heterocycles. The second-order valence-corrected chi connectivity index (χ2v) is 8.92. The Labute approximate surface area is 81.7 Å². The van der Waals surface area contributed by atoms with Gasteiger partial charge in [-0.3, -0.25) is 9.35 Å². The molecule has 2 nitrogen and oxygen atoms in total. The number of hydrazine groups is 1. The molecule has 0 saturated heterocycles. The quantitative estimate of drug-likeness (QED) is 0.465. The predicted octanol–water partition coefficient (Wildman–Crippen LogP) is -0.118. The van der Waals surface area contributed by atoms with Gasteiger partial charge in [-0.25, -0.2) is 0 Å². The van der Waals surface area contributed by atoms with Crippen LogP contribution in [0.25, 0.3) is 0 Å². The fourth-order valence-corrected chi connectivity index (χ4v) is 5.47. The first kappa shape index (κ1) is 10.4. The van der Waals surface area contributed by atoms with Crippen molar-refractivity contribution < 1.29 is 0 Å². The minimum Gasteiger partial charge on any atom is -0.299 e. The molecule has 4 heteroatoms. The summed E-state index contributed by atoms with van der Waals surface area (Å²) >= 11 is 0. The van der Waals surface area contributed by atoms with Crippen LogP contribution in [0.15, 0.2) is 0 Å². The van der Waals surface area contributed by atoms with Crippen molar-refractivity contribution in [2.24, 2.45) is 0 Å². The van der Waals surface area contributed by atoms with Crippen molar-refractivity contribution in [1.29, 1.82) is 0 Å². The van der Waals surface area contributed by atoms with Crippen molar-refractivity contribution in [2.75, 3.05) is 14.1 Å². The zero-order chi connectivity index (χ0) is 8.97. The highest BCUT2D eigenvalue weighted by atomic mass is 28.3. The Balaban J connectivity index is 2.20. The standard InChI is InChI=1S/C8H22N2Si2/c1-9(2)10(11)12-8-6-4-3-5-7-8/h8H,3-7,12H2,1-2,11H3. The van der Waals surface area contributed by atoms with Gasteiger partial charge in [0.1, 0.15) is 9.68 Å². The molecule has 12 heavy (non-hydrogen) atoms. The molecular formula is C8H22N2Si2. The molecule has 1 aliphatic carbocycles. The van der Waals surface area contributed by atoms with E-state index in [1.807, 2.05) is 0 Å². The van der Waals surface area contributed by atoms with Crippen molar-refractivity contribution in [1.82, 2.24) is 9.35 Å². The maximum absolute atomic E-state index is 2.59. The maximum Gasteiger partial charge on any atom is 0.106 e. The van der Waals surface area contributed by atoms with Gasteiger partial charge in [-0.1, -0.05) is 32.1 Å². The van der Waals surface area contributed by atoms with Gasteiger partial charge in [0.05, 0.1) is 10.4 Å². The first-order chi connectivity index (χ1) is 5.70. The van der Waals surface area contributed by atoms with Crippen LogP contribution in [0.2, 0.25) is 5.54 Å². The first-order valence-corrected chi connectivity index (χ1v) is 7.43. The van der Waals surface area contributed by atoms with E-state index in [9.17, 15) is 0 Å². The smallest absolute Gasteiger partial charge is 0.106 e. The molecule has 0 amide bonds. The van der Waals surface area contributed by atoms with E-state index in [0.717, 1.165) is 5.54 Å². The number of rotatable bonds is 3. The van der Waals surface area contributed by atoms with E-state index in [1.165, 1.54) is 42.5 Å². The molecular weight excluding hydrogens is 180 g/mol. The summed E-state index contributed by atoms with van der Waals surface area (Å²) in [4.78, 5) is 0. The molecule has 0 heterocycles. The minimum atomic E-state index is 0.0634. The molecule has 0 N–H and O–H groups in total. The van der Waals surface area contributed by atoms with E-state index in [1.54, 1.807) is 0 Å². The summed E-state index contributed by atoms with van der Waals surface area (Å²) in [5, 5.41) is 2.30. The highest BCUT2D eigenvalue weighted by Crippen LogP contribution is 2.27. The Morgan fingerprint density at radius 2 is 1.75 bits per heavy atom. The van der Waals surface area contributed by atoms with Crippen LogP contribution >= 0.6 is 0 Å². The van der Waals surface area contributed by atoms with Gasteiger partial charge in [-0.2, -0.15) is 0 Å². The molecule has 0 unspecified atom stereocenters. The lowest BCUT2D eigenvalue weighted by Gasteiger charge is -2.30. The third-order valence-corrected chi connectivity index (χ3v) is 7.25. The zero-order valence-corrected chi connectivity index (χ0v) is 12.1. The molecule has 0 aromatic heterocycles. The number of hydrogen-bond acceptors (Lipinski definition) is 2. The van der Waals surface area contributed by atoms with Gasteiger partial charge in [-0.15, -0.1) is 0 Å². The second kappa shape index (κ2) is 5.16. The van der Waals surface area contributed by atoms with E-state index in [-0.39, 0.29) is 9.68 Å². The van der Waals surface area contributed by atoms with E-state index in [4.69, 9.17) is 0 Å². The van der Waals surface area contributed by atoms with Gasteiger partial charge in [0.15, 0.2) is 0 Å². The van der Waals surface area contributed by atoms with Crippen molar-refractivity contribution in [3.63, 3.8) is 0 Å². The van der Waals surface area contributed by atoms with Gasteiger partial charge in [0, 0.05) is 14.1 Å². The molecule has 0 aromatic rings. The summed E-state index contributed by atoms with van der Waals surface area (Å²) in [6.45, 7) is 0. The lowest BCUT2D eigenvalue weighted by atomic mass is 10.0. The highest BCUT2D eigenvalue weighted by molar-refractivity contribution is 6.42. The molecule has 72 valence electrons. The van der Waals surface area contributed by atoms with Crippen LogP contribution in [0.1, 0.15) is 32.1 Å². The molecule has 0 atom stereocenters. The zero-order valence-electron chi connectivity index (χ0n) is 8.71. The SMILES string of the molecule is CN(C)N([SiH3])[SiH2]C1CCCCC1. The Morgan fingerprint density at radius 1 is 1.17 bits per heavy atom.